The van der Waals surface area contributed by atoms with Crippen LogP contribution in [-0.2, 0) is 11.2 Å². The molecule has 2 aliphatic rings. The fourth-order valence-corrected chi connectivity index (χ4v) is 4.24. The average molecular weight is 360 g/mol. The summed E-state index contributed by atoms with van der Waals surface area (Å²) in [5.41, 5.74) is 1.21. The summed E-state index contributed by atoms with van der Waals surface area (Å²) in [7, 11) is 3.99. The van der Waals surface area contributed by atoms with E-state index in [9.17, 15) is 9.90 Å². The highest BCUT2D eigenvalue weighted by atomic mass is 16.3. The first kappa shape index (κ1) is 19.3. The van der Waals surface area contributed by atoms with Crippen molar-refractivity contribution in [3.8, 4) is 0 Å². The third-order valence-electron chi connectivity index (χ3n) is 5.97. The summed E-state index contributed by atoms with van der Waals surface area (Å²) in [6.45, 7) is 3.69. The second kappa shape index (κ2) is 8.98. The van der Waals surface area contributed by atoms with E-state index in [0.717, 1.165) is 58.3 Å². The van der Waals surface area contributed by atoms with Crippen molar-refractivity contribution in [1.29, 1.82) is 0 Å². The van der Waals surface area contributed by atoms with Crippen LogP contribution in [0.5, 0.6) is 0 Å². The highest BCUT2D eigenvalue weighted by Crippen LogP contribution is 2.22. The summed E-state index contributed by atoms with van der Waals surface area (Å²) in [6.07, 6.45) is 4.52. The number of aliphatic hydroxyl groups is 1. The Morgan fingerprint density at radius 1 is 1.08 bits per heavy atom. The third kappa shape index (κ3) is 4.84. The Balaban J connectivity index is 1.54. The predicted octanol–water partition coefficient (Wildman–Crippen LogP) is 1.61. The van der Waals surface area contributed by atoms with E-state index in [1.54, 1.807) is 0 Å². The molecule has 0 aromatic heterocycles. The third-order valence-corrected chi connectivity index (χ3v) is 5.97. The molecule has 2 aliphatic heterocycles. The topological polar surface area (TPSA) is 47.0 Å². The number of hydrogen-bond acceptors (Lipinski definition) is 4. The van der Waals surface area contributed by atoms with Crippen molar-refractivity contribution in [2.45, 2.75) is 50.3 Å². The van der Waals surface area contributed by atoms with Crippen molar-refractivity contribution < 1.29 is 9.90 Å². The van der Waals surface area contributed by atoms with Crippen molar-refractivity contribution in [2.75, 3.05) is 40.3 Å². The number of nitrogens with zero attached hydrogens (tertiary/aromatic N) is 3. The molecule has 5 nitrogen and oxygen atoms in total. The van der Waals surface area contributed by atoms with E-state index in [-0.39, 0.29) is 18.1 Å². The van der Waals surface area contributed by atoms with Crippen LogP contribution in [0.2, 0.25) is 0 Å². The molecule has 2 fully saturated rings. The number of piperidine rings is 2. The van der Waals surface area contributed by atoms with Gasteiger partial charge in [-0.25, -0.2) is 0 Å². The number of aliphatic hydroxyl groups excluding tert-OH is 1. The van der Waals surface area contributed by atoms with Gasteiger partial charge in [0.2, 0.25) is 5.91 Å². The summed E-state index contributed by atoms with van der Waals surface area (Å²) >= 11 is 0. The lowest BCUT2D eigenvalue weighted by Crippen LogP contribution is -2.53. The molecule has 5 heteroatoms. The molecule has 1 N–H and O–H groups in total. The molecule has 144 valence electrons. The Bertz CT molecular complexity index is 562. The first-order valence-corrected chi connectivity index (χ1v) is 9.96. The number of likely N-dealkylation sites (N-methyl/N-ethyl adjacent to an activating group) is 1. The number of carbonyl (C=O) groups excluding carboxylic acids is 1. The van der Waals surface area contributed by atoms with Crippen LogP contribution in [-0.4, -0.2) is 84.2 Å². The van der Waals surface area contributed by atoms with Crippen molar-refractivity contribution in [2.24, 2.45) is 0 Å². The zero-order valence-corrected chi connectivity index (χ0v) is 16.2. The van der Waals surface area contributed by atoms with Gasteiger partial charge in [0.15, 0.2) is 0 Å². The molecule has 1 amide bonds. The number of hydrogen-bond donors (Lipinski definition) is 1. The summed E-state index contributed by atoms with van der Waals surface area (Å²) < 4.78 is 0. The lowest BCUT2D eigenvalue weighted by atomic mass is 9.97. The second-order valence-corrected chi connectivity index (χ2v) is 7.99. The molecule has 26 heavy (non-hydrogen) atoms. The summed E-state index contributed by atoms with van der Waals surface area (Å²) in [6, 6.07) is 10.8. The number of carbonyl (C=O) groups is 1. The molecule has 0 radical (unpaired) electrons. The molecule has 3 rings (SSSR count). The lowest BCUT2D eigenvalue weighted by Gasteiger charge is -2.42. The molecule has 1 aromatic rings. The number of likely N-dealkylation sites (tertiary alicyclic amines) is 2. The first-order chi connectivity index (χ1) is 12.5. The van der Waals surface area contributed by atoms with E-state index in [1.165, 1.54) is 5.56 Å². The van der Waals surface area contributed by atoms with Gasteiger partial charge in [-0.1, -0.05) is 30.3 Å². The zero-order valence-electron chi connectivity index (χ0n) is 16.2. The van der Waals surface area contributed by atoms with E-state index in [4.69, 9.17) is 0 Å². The summed E-state index contributed by atoms with van der Waals surface area (Å²) in [4.78, 5) is 19.7. The fraction of sp³-hybridized carbons (Fsp3) is 0.667. The molecule has 1 atom stereocenters. The molecule has 0 saturated carbocycles. The SMILES string of the molecule is CN(C)[C@@H](Cc1ccccc1)C(=O)N1CCC(N2CCC(O)CC2)CC1. The molecule has 0 aliphatic carbocycles. The Labute approximate surface area is 157 Å². The highest BCUT2D eigenvalue weighted by Gasteiger charge is 2.32. The number of amides is 1. The van der Waals surface area contributed by atoms with Crippen LogP contribution in [0.4, 0.5) is 0 Å². The first-order valence-electron chi connectivity index (χ1n) is 9.96. The zero-order chi connectivity index (χ0) is 18.5. The molecule has 0 spiro atoms. The van der Waals surface area contributed by atoms with Crippen molar-refractivity contribution in [3.63, 3.8) is 0 Å². The number of rotatable bonds is 5. The van der Waals surface area contributed by atoms with E-state index in [1.807, 2.05) is 37.2 Å². The van der Waals surface area contributed by atoms with Crippen molar-refractivity contribution >= 4 is 5.91 Å². The van der Waals surface area contributed by atoms with E-state index >= 15 is 0 Å². The maximum atomic E-state index is 13.1. The van der Waals surface area contributed by atoms with Crippen LogP contribution in [0.1, 0.15) is 31.2 Å². The maximum absolute atomic E-state index is 13.1. The van der Waals surface area contributed by atoms with Gasteiger partial charge < -0.3 is 14.9 Å². The van der Waals surface area contributed by atoms with Gasteiger partial charge in [-0.15, -0.1) is 0 Å². The van der Waals surface area contributed by atoms with E-state index in [0.29, 0.717) is 6.04 Å². The van der Waals surface area contributed by atoms with Gasteiger partial charge in [-0.05, 0) is 51.8 Å². The minimum Gasteiger partial charge on any atom is -0.393 e. The molecule has 2 saturated heterocycles. The van der Waals surface area contributed by atoms with Crippen LogP contribution in [0.25, 0.3) is 0 Å². The minimum absolute atomic E-state index is 0.0981. The van der Waals surface area contributed by atoms with Crippen LogP contribution < -0.4 is 0 Å². The van der Waals surface area contributed by atoms with Gasteiger partial charge in [-0.2, -0.15) is 0 Å². The molecule has 0 unspecified atom stereocenters. The van der Waals surface area contributed by atoms with Crippen LogP contribution in [0, 0.1) is 0 Å². The number of benzene rings is 1. The Morgan fingerprint density at radius 3 is 2.27 bits per heavy atom. The second-order valence-electron chi connectivity index (χ2n) is 7.99. The Kier molecular flexibility index (Phi) is 6.68. The molecular formula is C21H33N3O2. The van der Waals surface area contributed by atoms with Crippen LogP contribution in [0.3, 0.4) is 0 Å². The summed E-state index contributed by atoms with van der Waals surface area (Å²) in [5.74, 6) is 0.256. The smallest absolute Gasteiger partial charge is 0.240 e. The van der Waals surface area contributed by atoms with Gasteiger partial charge >= 0.3 is 0 Å². The van der Waals surface area contributed by atoms with Crippen molar-refractivity contribution in [1.82, 2.24) is 14.7 Å². The molecular weight excluding hydrogens is 326 g/mol. The fourth-order valence-electron chi connectivity index (χ4n) is 4.24. The lowest BCUT2D eigenvalue weighted by molar-refractivity contribution is -0.137. The van der Waals surface area contributed by atoms with Gasteiger partial charge in [0.25, 0.3) is 0 Å². The molecule has 1 aromatic carbocycles. The minimum atomic E-state index is -0.119. The highest BCUT2D eigenvalue weighted by molar-refractivity contribution is 5.82. The Morgan fingerprint density at radius 2 is 1.69 bits per heavy atom. The van der Waals surface area contributed by atoms with Crippen LogP contribution >= 0.6 is 0 Å². The predicted molar refractivity (Wildman–Crippen MR) is 104 cm³/mol. The van der Waals surface area contributed by atoms with Gasteiger partial charge in [0, 0.05) is 32.2 Å². The largest absolute Gasteiger partial charge is 0.393 e. The summed E-state index contributed by atoms with van der Waals surface area (Å²) in [5, 5.41) is 9.69. The molecule has 2 heterocycles. The average Bonchev–Trinajstić information content (AvgIpc) is 2.67. The standard InChI is InChI=1S/C21H33N3O2/c1-22(2)20(16-17-6-4-3-5-7-17)21(26)24-12-8-18(9-13-24)23-14-10-19(25)11-15-23/h3-7,18-20,25H,8-16H2,1-2H3/t20-/m0/s1. The van der Waals surface area contributed by atoms with Crippen LogP contribution in [0.15, 0.2) is 30.3 Å². The normalized spacial score (nSPS) is 21.9. The van der Waals surface area contributed by atoms with E-state index < -0.39 is 0 Å². The maximum Gasteiger partial charge on any atom is 0.240 e. The van der Waals surface area contributed by atoms with Gasteiger partial charge in [0.1, 0.15) is 0 Å². The Hall–Kier alpha value is -1.43. The molecule has 0 bridgehead atoms. The van der Waals surface area contributed by atoms with Crippen molar-refractivity contribution in [3.05, 3.63) is 35.9 Å². The monoisotopic (exact) mass is 359 g/mol. The van der Waals surface area contributed by atoms with Gasteiger partial charge in [-0.3, -0.25) is 9.69 Å². The van der Waals surface area contributed by atoms with E-state index in [2.05, 4.69) is 21.9 Å². The quantitative estimate of drug-likeness (QED) is 0.868. The van der Waals surface area contributed by atoms with Gasteiger partial charge in [0.05, 0.1) is 12.1 Å².